The number of Topliss-reactive ketones (excluding diaryl/α,β-unsaturated/α-hetero) is 1. The van der Waals surface area contributed by atoms with E-state index < -0.39 is 11.6 Å². The Bertz CT molecular complexity index is 680. The molecule has 0 heterocycles. The number of methoxy groups -OCH3 is 1. The summed E-state index contributed by atoms with van der Waals surface area (Å²) in [6.45, 7) is 2.81. The van der Waals surface area contributed by atoms with Gasteiger partial charge in [0, 0.05) is 25.7 Å². The average molecular weight is 333 g/mol. The number of ether oxygens (including phenoxy) is 3. The normalized spacial score (nSPS) is 13.3. The number of allylic oxidation sites excluding steroid dienone is 1. The Kier molecular flexibility index (Phi) is 6.22. The molecule has 0 radical (unpaired) electrons. The highest BCUT2D eigenvalue weighted by Gasteiger charge is 2.29. The van der Waals surface area contributed by atoms with Crippen LogP contribution in [0.5, 0.6) is 0 Å². The summed E-state index contributed by atoms with van der Waals surface area (Å²) >= 11 is 0. The molecule has 0 aromatic heterocycles. The molecule has 1 N–H and O–H groups in total. The number of rotatable bonds is 8. The first-order valence-corrected chi connectivity index (χ1v) is 7.45. The summed E-state index contributed by atoms with van der Waals surface area (Å²) in [6.07, 6.45) is 1.16. The molecule has 0 bridgehead atoms. The number of ketones is 2. The van der Waals surface area contributed by atoms with Crippen LogP contribution in [0.4, 0.5) is 5.69 Å². The largest absolute Gasteiger partial charge is 0.490 e. The van der Waals surface area contributed by atoms with Crippen LogP contribution in [0.3, 0.4) is 0 Å². The Morgan fingerprint density at radius 3 is 2.58 bits per heavy atom. The molecule has 7 nitrogen and oxygen atoms in total. The van der Waals surface area contributed by atoms with E-state index >= 15 is 0 Å². The van der Waals surface area contributed by atoms with Gasteiger partial charge >= 0.3 is 0 Å². The fourth-order valence-corrected chi connectivity index (χ4v) is 2.26. The molecular weight excluding hydrogens is 314 g/mol. The zero-order chi connectivity index (χ0) is 17.5. The van der Waals surface area contributed by atoms with Crippen LogP contribution in [0, 0.1) is 0 Å². The number of carbonyl (C=O) groups is 3. The van der Waals surface area contributed by atoms with Crippen LogP contribution in [0.15, 0.2) is 24.3 Å². The van der Waals surface area contributed by atoms with Crippen LogP contribution in [-0.4, -0.2) is 51.0 Å². The highest BCUT2D eigenvalue weighted by molar-refractivity contribution is 6.51. The number of benzene rings is 1. The second-order valence-corrected chi connectivity index (χ2v) is 5.06. The van der Waals surface area contributed by atoms with Crippen molar-refractivity contribution in [1.29, 1.82) is 0 Å². The SMILES string of the molecule is COCCOCCOC1=CC(=O)C(=O)c2c(NC(C)=O)cccc21. The maximum Gasteiger partial charge on any atom is 0.235 e. The lowest BCUT2D eigenvalue weighted by Crippen LogP contribution is -2.23. The Labute approximate surface area is 139 Å². The van der Waals surface area contributed by atoms with Gasteiger partial charge in [0.1, 0.15) is 12.4 Å². The minimum Gasteiger partial charge on any atom is -0.490 e. The zero-order valence-electron chi connectivity index (χ0n) is 13.6. The van der Waals surface area contributed by atoms with Gasteiger partial charge in [0.05, 0.1) is 31.1 Å². The first kappa shape index (κ1) is 17.8. The molecule has 0 spiro atoms. The maximum atomic E-state index is 12.2. The minimum absolute atomic E-state index is 0.149. The van der Waals surface area contributed by atoms with Gasteiger partial charge in [-0.2, -0.15) is 0 Å². The van der Waals surface area contributed by atoms with E-state index in [0.29, 0.717) is 31.1 Å². The summed E-state index contributed by atoms with van der Waals surface area (Å²) in [6, 6.07) is 4.92. The molecule has 0 aliphatic heterocycles. The van der Waals surface area contributed by atoms with Gasteiger partial charge in [0.2, 0.25) is 17.5 Å². The Morgan fingerprint density at radius 1 is 1.12 bits per heavy atom. The monoisotopic (exact) mass is 333 g/mol. The van der Waals surface area contributed by atoms with E-state index in [4.69, 9.17) is 14.2 Å². The second kappa shape index (κ2) is 8.37. The molecule has 1 aliphatic rings. The molecule has 0 fully saturated rings. The van der Waals surface area contributed by atoms with Crippen molar-refractivity contribution in [2.24, 2.45) is 0 Å². The van der Waals surface area contributed by atoms with Crippen LogP contribution in [0.2, 0.25) is 0 Å². The van der Waals surface area contributed by atoms with Crippen LogP contribution >= 0.6 is 0 Å². The Morgan fingerprint density at radius 2 is 1.88 bits per heavy atom. The van der Waals surface area contributed by atoms with Gasteiger partial charge in [0.25, 0.3) is 0 Å². The number of hydrogen-bond donors (Lipinski definition) is 1. The fraction of sp³-hybridized carbons (Fsp3) is 0.353. The van der Waals surface area contributed by atoms with Crippen molar-refractivity contribution in [2.45, 2.75) is 6.92 Å². The quantitative estimate of drug-likeness (QED) is 0.572. The number of anilines is 1. The van der Waals surface area contributed by atoms with E-state index in [2.05, 4.69) is 5.32 Å². The van der Waals surface area contributed by atoms with Gasteiger partial charge in [-0.05, 0) is 6.07 Å². The molecule has 7 heteroatoms. The van der Waals surface area contributed by atoms with Gasteiger partial charge in [-0.1, -0.05) is 12.1 Å². The third-order valence-corrected chi connectivity index (χ3v) is 3.27. The predicted octanol–water partition coefficient (Wildman–Crippen LogP) is 1.43. The number of amides is 1. The number of carbonyl (C=O) groups excluding carboxylic acids is 3. The smallest absolute Gasteiger partial charge is 0.235 e. The summed E-state index contributed by atoms with van der Waals surface area (Å²) in [5, 5.41) is 2.56. The van der Waals surface area contributed by atoms with E-state index in [9.17, 15) is 14.4 Å². The van der Waals surface area contributed by atoms with Crippen molar-refractivity contribution < 1.29 is 28.6 Å². The first-order valence-electron chi connectivity index (χ1n) is 7.45. The Balaban J connectivity index is 2.14. The summed E-state index contributed by atoms with van der Waals surface area (Å²) in [5.41, 5.74) is 0.919. The van der Waals surface area contributed by atoms with E-state index in [1.807, 2.05) is 0 Å². The van der Waals surface area contributed by atoms with Crippen LogP contribution in [-0.2, 0) is 23.8 Å². The molecule has 1 aromatic rings. The van der Waals surface area contributed by atoms with E-state index in [1.54, 1.807) is 25.3 Å². The fourth-order valence-electron chi connectivity index (χ4n) is 2.26. The summed E-state index contributed by atoms with van der Waals surface area (Å²) < 4.78 is 15.7. The van der Waals surface area contributed by atoms with Crippen molar-refractivity contribution in [1.82, 2.24) is 0 Å². The molecule has 0 saturated heterocycles. The Hall–Kier alpha value is -2.51. The number of nitrogens with one attached hydrogen (secondary N) is 1. The summed E-state index contributed by atoms with van der Waals surface area (Å²) in [5.74, 6) is -1.39. The molecular formula is C17H19NO6. The van der Waals surface area contributed by atoms with Crippen molar-refractivity contribution in [2.75, 3.05) is 38.9 Å². The van der Waals surface area contributed by atoms with Crippen molar-refractivity contribution in [3.63, 3.8) is 0 Å². The van der Waals surface area contributed by atoms with Crippen molar-refractivity contribution in [3.05, 3.63) is 35.4 Å². The molecule has 1 amide bonds. The molecule has 0 unspecified atom stereocenters. The van der Waals surface area contributed by atoms with Crippen LogP contribution in [0.25, 0.3) is 5.76 Å². The third kappa shape index (κ3) is 4.27. The zero-order valence-corrected chi connectivity index (χ0v) is 13.6. The van der Waals surface area contributed by atoms with E-state index in [0.717, 1.165) is 6.08 Å². The average Bonchev–Trinajstić information content (AvgIpc) is 2.54. The lowest BCUT2D eigenvalue weighted by molar-refractivity contribution is -0.114. The first-order chi connectivity index (χ1) is 11.5. The van der Waals surface area contributed by atoms with Gasteiger partial charge in [0.15, 0.2) is 0 Å². The molecule has 1 aromatic carbocycles. The lowest BCUT2D eigenvalue weighted by atomic mass is 9.92. The molecule has 128 valence electrons. The van der Waals surface area contributed by atoms with Gasteiger partial charge in [-0.3, -0.25) is 14.4 Å². The van der Waals surface area contributed by atoms with Crippen LogP contribution in [0.1, 0.15) is 22.8 Å². The molecule has 1 aliphatic carbocycles. The molecule has 2 rings (SSSR count). The summed E-state index contributed by atoms with van der Waals surface area (Å²) in [4.78, 5) is 35.4. The van der Waals surface area contributed by atoms with E-state index in [1.165, 1.54) is 6.92 Å². The summed E-state index contributed by atoms with van der Waals surface area (Å²) in [7, 11) is 1.58. The van der Waals surface area contributed by atoms with Crippen molar-refractivity contribution in [3.8, 4) is 0 Å². The predicted molar refractivity (Wildman–Crippen MR) is 86.7 cm³/mol. The topological polar surface area (TPSA) is 90.9 Å². The second-order valence-electron chi connectivity index (χ2n) is 5.06. The standard InChI is InChI=1S/C17H19NO6/c1-11(19)18-13-5-3-4-12-15(10-14(20)17(21)16(12)13)24-9-8-23-7-6-22-2/h3-5,10H,6-9H2,1-2H3,(H,18,19). The third-order valence-electron chi connectivity index (χ3n) is 3.27. The molecule has 0 atom stereocenters. The van der Waals surface area contributed by atoms with Crippen molar-refractivity contribution >= 4 is 28.9 Å². The van der Waals surface area contributed by atoms with Crippen LogP contribution < -0.4 is 5.32 Å². The molecule has 0 saturated carbocycles. The highest BCUT2D eigenvalue weighted by Crippen LogP contribution is 2.31. The van der Waals surface area contributed by atoms with Gasteiger partial charge in [-0.15, -0.1) is 0 Å². The van der Waals surface area contributed by atoms with E-state index in [-0.39, 0.29) is 23.8 Å². The maximum absolute atomic E-state index is 12.2. The highest BCUT2D eigenvalue weighted by atomic mass is 16.5. The van der Waals surface area contributed by atoms with Gasteiger partial charge < -0.3 is 19.5 Å². The lowest BCUT2D eigenvalue weighted by Gasteiger charge is -2.19. The number of hydrogen-bond acceptors (Lipinski definition) is 6. The minimum atomic E-state index is -0.685. The van der Waals surface area contributed by atoms with Gasteiger partial charge in [-0.25, -0.2) is 0 Å². The number of fused-ring (bicyclic) bond motifs is 1. The molecule has 24 heavy (non-hydrogen) atoms.